The highest BCUT2D eigenvalue weighted by molar-refractivity contribution is 9.10. The average Bonchev–Trinajstić information content (AvgIpc) is 3.16. The molecule has 3 fully saturated rings. The minimum atomic E-state index is -0.427. The van der Waals surface area contributed by atoms with Crippen molar-refractivity contribution >= 4 is 39.9 Å². The summed E-state index contributed by atoms with van der Waals surface area (Å²) in [5, 5.41) is 18.7. The molecule has 0 aliphatic carbocycles. The van der Waals surface area contributed by atoms with Gasteiger partial charge >= 0.3 is 7.12 Å². The number of likely N-dealkylation sites (N-methyl/N-ethyl adjacent to an activating group) is 2. The number of piperazine rings is 2. The Labute approximate surface area is 248 Å². The van der Waals surface area contributed by atoms with E-state index in [-0.39, 0.29) is 11.2 Å². The Balaban J connectivity index is 0.000000201. The quantitative estimate of drug-likeness (QED) is 0.490. The summed E-state index contributed by atoms with van der Waals surface area (Å²) in [7, 11) is 3.83. The van der Waals surface area contributed by atoms with E-state index in [1.54, 1.807) is 0 Å². The number of nitrogens with zero attached hydrogens (tertiary/aromatic N) is 6. The van der Waals surface area contributed by atoms with E-state index >= 15 is 0 Å². The van der Waals surface area contributed by atoms with Gasteiger partial charge in [0.25, 0.3) is 0 Å². The zero-order valence-electron chi connectivity index (χ0n) is 24.6. The van der Waals surface area contributed by atoms with Crippen molar-refractivity contribution in [2.75, 3.05) is 76.3 Å². The lowest BCUT2D eigenvalue weighted by Gasteiger charge is -2.34. The van der Waals surface area contributed by atoms with Crippen LogP contribution in [0.15, 0.2) is 40.9 Å². The van der Waals surface area contributed by atoms with Crippen molar-refractivity contribution < 1.29 is 9.31 Å². The van der Waals surface area contributed by atoms with Gasteiger partial charge in [-0.3, -0.25) is 0 Å². The molecule has 8 nitrogen and oxygen atoms in total. The van der Waals surface area contributed by atoms with Crippen LogP contribution in [0.4, 0.5) is 11.4 Å². The lowest BCUT2D eigenvalue weighted by atomic mass is 9.78. The SMILES string of the molecule is CN1CCN(c2ccc(B3OC(C)(C)C(C)(C)O3)cc2C#N)CC1.CN1CCN(c2ccc(Br)cc2C#N)CC1. The maximum atomic E-state index is 9.60. The van der Waals surface area contributed by atoms with Crippen LogP contribution in [0, 0.1) is 22.7 Å². The first kappa shape index (κ1) is 30.4. The molecule has 0 aromatic heterocycles. The first-order valence-corrected chi connectivity index (χ1v) is 14.7. The molecule has 10 heteroatoms. The van der Waals surface area contributed by atoms with Crippen molar-refractivity contribution in [3.05, 3.63) is 52.0 Å². The van der Waals surface area contributed by atoms with Crippen molar-refractivity contribution in [3.8, 4) is 12.1 Å². The third kappa shape index (κ3) is 6.82. The topological polar surface area (TPSA) is 79.0 Å². The molecule has 0 atom stereocenters. The molecule has 0 saturated carbocycles. The first-order valence-electron chi connectivity index (χ1n) is 13.9. The van der Waals surface area contributed by atoms with Crippen LogP contribution < -0.4 is 15.3 Å². The van der Waals surface area contributed by atoms with E-state index < -0.39 is 7.12 Å². The molecule has 0 bridgehead atoms. The molecular weight excluding hydrogens is 567 g/mol. The Kier molecular flexibility index (Phi) is 9.49. The Morgan fingerprint density at radius 2 is 1.12 bits per heavy atom. The second kappa shape index (κ2) is 12.5. The molecule has 212 valence electrons. The maximum Gasteiger partial charge on any atom is 0.494 e. The zero-order chi connectivity index (χ0) is 29.1. The van der Waals surface area contributed by atoms with Gasteiger partial charge in [0.15, 0.2) is 0 Å². The van der Waals surface area contributed by atoms with Gasteiger partial charge in [0.1, 0.15) is 12.1 Å². The highest BCUT2D eigenvalue weighted by atomic mass is 79.9. The van der Waals surface area contributed by atoms with Gasteiger partial charge in [-0.2, -0.15) is 10.5 Å². The van der Waals surface area contributed by atoms with Crippen LogP contribution in [0.2, 0.25) is 0 Å². The smallest absolute Gasteiger partial charge is 0.399 e. The summed E-state index contributed by atoms with van der Waals surface area (Å²) < 4.78 is 13.2. The van der Waals surface area contributed by atoms with Gasteiger partial charge in [0.2, 0.25) is 0 Å². The second-order valence-corrected chi connectivity index (χ2v) is 12.7. The second-order valence-electron chi connectivity index (χ2n) is 11.8. The third-order valence-corrected chi connectivity index (χ3v) is 8.93. The minimum Gasteiger partial charge on any atom is -0.399 e. The highest BCUT2D eigenvalue weighted by Gasteiger charge is 2.51. The molecule has 3 heterocycles. The highest BCUT2D eigenvalue weighted by Crippen LogP contribution is 2.36. The van der Waals surface area contributed by atoms with Gasteiger partial charge in [-0.05, 0) is 77.6 Å². The standard InChI is InChI=1S/C18H26BN3O2.C12H14BrN3/c1-17(2)18(3,4)24-19(23-17)15-6-7-16(14(12-15)13-20)22-10-8-21(5)9-11-22;1-15-4-6-16(7-5-15)12-3-2-11(13)8-10(12)9-14/h6-7,12H,8-11H2,1-5H3;2-3,8H,4-7H2,1H3. The Hall–Kier alpha value is -2.60. The normalized spacial score (nSPS) is 20.9. The predicted molar refractivity (Wildman–Crippen MR) is 165 cm³/mol. The molecule has 3 aliphatic heterocycles. The monoisotopic (exact) mass is 606 g/mol. The Morgan fingerprint density at radius 3 is 1.57 bits per heavy atom. The summed E-state index contributed by atoms with van der Waals surface area (Å²) in [6.45, 7) is 16.2. The summed E-state index contributed by atoms with van der Waals surface area (Å²) in [5.41, 5.74) is 3.65. The fourth-order valence-electron chi connectivity index (χ4n) is 5.01. The lowest BCUT2D eigenvalue weighted by molar-refractivity contribution is 0.00578. The zero-order valence-corrected chi connectivity index (χ0v) is 26.2. The van der Waals surface area contributed by atoms with Gasteiger partial charge in [-0.25, -0.2) is 0 Å². The van der Waals surface area contributed by atoms with Crippen LogP contribution in [-0.2, 0) is 9.31 Å². The van der Waals surface area contributed by atoms with Crippen molar-refractivity contribution in [2.24, 2.45) is 0 Å². The minimum absolute atomic E-state index is 0.374. The summed E-state index contributed by atoms with van der Waals surface area (Å²) in [4.78, 5) is 9.18. The van der Waals surface area contributed by atoms with E-state index in [1.165, 1.54) is 0 Å². The molecule has 0 spiro atoms. The predicted octanol–water partition coefficient (Wildman–Crippen LogP) is 3.68. The molecule has 5 rings (SSSR count). The van der Waals surface area contributed by atoms with Gasteiger partial charge in [-0.15, -0.1) is 0 Å². The van der Waals surface area contributed by atoms with E-state index in [0.29, 0.717) is 5.56 Å². The largest absolute Gasteiger partial charge is 0.494 e. The van der Waals surface area contributed by atoms with Gasteiger partial charge < -0.3 is 28.9 Å². The lowest BCUT2D eigenvalue weighted by Crippen LogP contribution is -2.45. The number of hydrogen-bond acceptors (Lipinski definition) is 8. The van der Waals surface area contributed by atoms with Crippen LogP contribution in [0.1, 0.15) is 38.8 Å². The molecule has 2 aromatic rings. The molecule has 0 amide bonds. The van der Waals surface area contributed by atoms with E-state index in [4.69, 9.17) is 14.6 Å². The fraction of sp³-hybridized carbons (Fsp3) is 0.533. The van der Waals surface area contributed by atoms with Crippen LogP contribution in [0.5, 0.6) is 0 Å². The molecule has 0 unspecified atom stereocenters. The third-order valence-electron chi connectivity index (χ3n) is 8.43. The number of anilines is 2. The number of nitriles is 2. The summed E-state index contributed by atoms with van der Waals surface area (Å²) in [6, 6.07) is 16.5. The summed E-state index contributed by atoms with van der Waals surface area (Å²) in [5.74, 6) is 0. The molecule has 3 saturated heterocycles. The van der Waals surface area contributed by atoms with E-state index in [0.717, 1.165) is 79.2 Å². The number of benzene rings is 2. The number of halogens is 1. The van der Waals surface area contributed by atoms with E-state index in [1.807, 2.05) is 64.1 Å². The van der Waals surface area contributed by atoms with Crippen molar-refractivity contribution in [1.82, 2.24) is 9.80 Å². The van der Waals surface area contributed by atoms with E-state index in [2.05, 4.69) is 61.8 Å². The Bertz CT molecular complexity index is 1260. The molecule has 40 heavy (non-hydrogen) atoms. The van der Waals surface area contributed by atoms with Crippen LogP contribution in [-0.4, -0.2) is 94.6 Å². The van der Waals surface area contributed by atoms with Crippen molar-refractivity contribution in [3.63, 3.8) is 0 Å². The first-order chi connectivity index (χ1) is 18.9. The maximum absolute atomic E-state index is 9.60. The summed E-state index contributed by atoms with van der Waals surface area (Å²) >= 11 is 3.39. The Morgan fingerprint density at radius 1 is 0.700 bits per heavy atom. The molecule has 0 N–H and O–H groups in total. The van der Waals surface area contributed by atoms with Crippen LogP contribution in [0.25, 0.3) is 0 Å². The number of hydrogen-bond donors (Lipinski definition) is 0. The van der Waals surface area contributed by atoms with Gasteiger partial charge in [0, 0.05) is 56.8 Å². The van der Waals surface area contributed by atoms with E-state index in [9.17, 15) is 5.26 Å². The molecular formula is C30H40BBrN6O2. The molecule has 3 aliphatic rings. The number of rotatable bonds is 3. The van der Waals surface area contributed by atoms with Gasteiger partial charge in [-0.1, -0.05) is 22.0 Å². The van der Waals surface area contributed by atoms with Crippen molar-refractivity contribution in [1.29, 1.82) is 10.5 Å². The van der Waals surface area contributed by atoms with Gasteiger partial charge in [0.05, 0.1) is 33.7 Å². The van der Waals surface area contributed by atoms with Crippen LogP contribution >= 0.6 is 15.9 Å². The molecule has 0 radical (unpaired) electrons. The fourth-order valence-corrected chi connectivity index (χ4v) is 5.37. The average molecular weight is 607 g/mol. The van der Waals surface area contributed by atoms with Crippen molar-refractivity contribution in [2.45, 2.75) is 38.9 Å². The molecule has 2 aromatic carbocycles. The van der Waals surface area contributed by atoms with Crippen LogP contribution in [0.3, 0.4) is 0 Å². The summed E-state index contributed by atoms with van der Waals surface area (Å²) in [6.07, 6.45) is 0.